The molecule has 1 aromatic heterocycles. The third-order valence-corrected chi connectivity index (χ3v) is 5.50. The smallest absolute Gasteiger partial charge is 0.258 e. The van der Waals surface area contributed by atoms with Gasteiger partial charge in [0.2, 0.25) is 0 Å². The summed E-state index contributed by atoms with van der Waals surface area (Å²) in [5.41, 5.74) is 2.53. The van der Waals surface area contributed by atoms with Gasteiger partial charge in [0.1, 0.15) is 0 Å². The number of hydrogen-bond acceptors (Lipinski definition) is 4. The molecule has 1 amide bonds. The van der Waals surface area contributed by atoms with Crippen LogP contribution >= 0.6 is 34.7 Å². The van der Waals surface area contributed by atoms with Crippen LogP contribution in [0, 0.1) is 6.92 Å². The number of hydrogen-bond donors (Lipinski definition) is 1. The minimum Gasteiger partial charge on any atom is -0.298 e. The van der Waals surface area contributed by atoms with Crippen LogP contribution in [0.2, 0.25) is 5.02 Å². The highest BCUT2D eigenvalue weighted by Gasteiger charge is 2.14. The Hall–Kier alpha value is -1.56. The number of fused-ring (bicyclic) bond motifs is 1. The quantitative estimate of drug-likeness (QED) is 0.659. The molecule has 3 aromatic rings. The fraction of sp³-hybridized carbons (Fsp3) is 0.125. The maximum absolute atomic E-state index is 12.4. The van der Waals surface area contributed by atoms with Gasteiger partial charge in [-0.1, -0.05) is 41.1 Å². The van der Waals surface area contributed by atoms with Crippen LogP contribution in [-0.2, 0) is 0 Å². The Balaban J connectivity index is 1.95. The van der Waals surface area contributed by atoms with Crippen LogP contribution in [0.3, 0.4) is 0 Å². The molecule has 0 saturated heterocycles. The maximum atomic E-state index is 12.4. The average Bonchev–Trinajstić information content (AvgIpc) is 2.96. The van der Waals surface area contributed by atoms with Crippen molar-refractivity contribution in [2.45, 2.75) is 11.8 Å². The lowest BCUT2D eigenvalue weighted by Crippen LogP contribution is -2.12. The van der Waals surface area contributed by atoms with Crippen LogP contribution in [0.15, 0.2) is 41.3 Å². The third-order valence-electron chi connectivity index (χ3n) is 3.27. The second kappa shape index (κ2) is 6.28. The van der Waals surface area contributed by atoms with E-state index in [-0.39, 0.29) is 5.91 Å². The fourth-order valence-corrected chi connectivity index (χ4v) is 3.96. The first-order valence-electron chi connectivity index (χ1n) is 6.60. The molecule has 0 bridgehead atoms. The van der Waals surface area contributed by atoms with E-state index in [1.807, 2.05) is 49.6 Å². The number of carbonyl (C=O) groups is 1. The van der Waals surface area contributed by atoms with Crippen molar-refractivity contribution in [1.82, 2.24) is 4.98 Å². The number of thiazole rings is 1. The van der Waals surface area contributed by atoms with E-state index < -0.39 is 0 Å². The SMILES string of the molecule is CSc1ccccc1C(=O)Nc1nc2c(C)ccc(Cl)c2s1. The van der Waals surface area contributed by atoms with Crippen LogP contribution in [0.5, 0.6) is 0 Å². The summed E-state index contributed by atoms with van der Waals surface area (Å²) in [5, 5.41) is 4.09. The molecule has 0 aliphatic rings. The minimum absolute atomic E-state index is 0.155. The van der Waals surface area contributed by atoms with Crippen molar-refractivity contribution in [3.63, 3.8) is 0 Å². The third kappa shape index (κ3) is 2.84. The van der Waals surface area contributed by atoms with Gasteiger partial charge in [-0.25, -0.2) is 4.98 Å². The largest absolute Gasteiger partial charge is 0.298 e. The Kier molecular flexibility index (Phi) is 4.38. The van der Waals surface area contributed by atoms with Crippen molar-refractivity contribution < 1.29 is 4.79 Å². The monoisotopic (exact) mass is 348 g/mol. The van der Waals surface area contributed by atoms with Gasteiger partial charge >= 0.3 is 0 Å². The topological polar surface area (TPSA) is 42.0 Å². The van der Waals surface area contributed by atoms with E-state index in [1.54, 1.807) is 11.8 Å². The molecule has 0 aliphatic carbocycles. The molecule has 6 heteroatoms. The maximum Gasteiger partial charge on any atom is 0.258 e. The number of nitrogens with zero attached hydrogens (tertiary/aromatic N) is 1. The Labute approximate surface area is 141 Å². The highest BCUT2D eigenvalue weighted by Crippen LogP contribution is 2.34. The van der Waals surface area contributed by atoms with Gasteiger partial charge in [-0.3, -0.25) is 10.1 Å². The molecule has 0 saturated carbocycles. The number of thioether (sulfide) groups is 1. The summed E-state index contributed by atoms with van der Waals surface area (Å²) >= 11 is 9.14. The summed E-state index contributed by atoms with van der Waals surface area (Å²) < 4.78 is 0.898. The van der Waals surface area contributed by atoms with Crippen molar-refractivity contribution in [3.8, 4) is 0 Å². The summed E-state index contributed by atoms with van der Waals surface area (Å²) in [6.07, 6.45) is 1.95. The zero-order valence-corrected chi connectivity index (χ0v) is 14.4. The molecule has 2 aromatic carbocycles. The van der Waals surface area contributed by atoms with Crippen molar-refractivity contribution in [1.29, 1.82) is 0 Å². The van der Waals surface area contributed by atoms with Gasteiger partial charge in [-0.15, -0.1) is 11.8 Å². The average molecular weight is 349 g/mol. The standard InChI is InChI=1S/C16H13ClN2OS2/c1-9-7-8-11(17)14-13(9)18-16(22-14)19-15(20)10-5-3-4-6-12(10)21-2/h3-8H,1-2H3,(H,18,19,20). The first-order chi connectivity index (χ1) is 10.6. The van der Waals surface area contributed by atoms with Crippen molar-refractivity contribution in [3.05, 3.63) is 52.5 Å². The summed E-state index contributed by atoms with van der Waals surface area (Å²) in [7, 11) is 0. The number of amides is 1. The molecule has 0 atom stereocenters. The summed E-state index contributed by atoms with van der Waals surface area (Å²) in [6.45, 7) is 1.98. The molecule has 0 radical (unpaired) electrons. The first-order valence-corrected chi connectivity index (χ1v) is 9.02. The summed E-state index contributed by atoms with van der Waals surface area (Å²) in [4.78, 5) is 17.9. The van der Waals surface area contributed by atoms with Gasteiger partial charge in [0, 0.05) is 4.90 Å². The van der Waals surface area contributed by atoms with Gasteiger partial charge in [0.25, 0.3) is 5.91 Å². The minimum atomic E-state index is -0.155. The number of carbonyl (C=O) groups excluding carboxylic acids is 1. The molecule has 0 unspecified atom stereocenters. The predicted octanol–water partition coefficient (Wildman–Crippen LogP) is 5.23. The van der Waals surface area contributed by atoms with E-state index in [4.69, 9.17) is 11.6 Å². The summed E-state index contributed by atoms with van der Waals surface area (Å²) in [6, 6.07) is 11.3. The second-order valence-electron chi connectivity index (χ2n) is 4.72. The van der Waals surface area contributed by atoms with E-state index in [0.717, 1.165) is 20.7 Å². The number of halogens is 1. The molecule has 22 heavy (non-hydrogen) atoms. The van der Waals surface area contributed by atoms with E-state index in [1.165, 1.54) is 11.3 Å². The number of nitrogens with one attached hydrogen (secondary N) is 1. The molecule has 1 heterocycles. The van der Waals surface area contributed by atoms with Crippen molar-refractivity contribution >= 4 is 56.0 Å². The number of rotatable bonds is 3. The zero-order valence-electron chi connectivity index (χ0n) is 12.0. The molecule has 0 fully saturated rings. The van der Waals surface area contributed by atoms with Gasteiger partial charge < -0.3 is 0 Å². The van der Waals surface area contributed by atoms with Crippen LogP contribution in [0.1, 0.15) is 15.9 Å². The van der Waals surface area contributed by atoms with Gasteiger partial charge in [0.05, 0.1) is 20.8 Å². The lowest BCUT2D eigenvalue weighted by atomic mass is 10.2. The van der Waals surface area contributed by atoms with E-state index >= 15 is 0 Å². The van der Waals surface area contributed by atoms with Crippen LogP contribution in [-0.4, -0.2) is 17.1 Å². The number of benzene rings is 2. The molecule has 112 valence electrons. The Morgan fingerprint density at radius 3 is 2.77 bits per heavy atom. The second-order valence-corrected chi connectivity index (χ2v) is 6.97. The lowest BCUT2D eigenvalue weighted by Gasteiger charge is -2.05. The van der Waals surface area contributed by atoms with E-state index in [0.29, 0.717) is 15.7 Å². The van der Waals surface area contributed by atoms with Crippen molar-refractivity contribution in [2.75, 3.05) is 11.6 Å². The summed E-state index contributed by atoms with van der Waals surface area (Å²) in [5.74, 6) is -0.155. The van der Waals surface area contributed by atoms with E-state index in [9.17, 15) is 4.79 Å². The molecule has 1 N–H and O–H groups in total. The molecule has 0 spiro atoms. The highest BCUT2D eigenvalue weighted by molar-refractivity contribution is 7.98. The van der Waals surface area contributed by atoms with Gasteiger partial charge in [-0.2, -0.15) is 0 Å². The Bertz CT molecular complexity index is 821. The number of anilines is 1. The number of aryl methyl sites for hydroxylation is 1. The highest BCUT2D eigenvalue weighted by atomic mass is 35.5. The van der Waals surface area contributed by atoms with Crippen LogP contribution in [0.25, 0.3) is 10.2 Å². The zero-order chi connectivity index (χ0) is 15.7. The lowest BCUT2D eigenvalue weighted by molar-refractivity contribution is 0.102. The van der Waals surface area contributed by atoms with Crippen LogP contribution < -0.4 is 5.32 Å². The molecular formula is C16H13ClN2OS2. The van der Waals surface area contributed by atoms with Crippen LogP contribution in [0.4, 0.5) is 5.13 Å². The molecule has 3 rings (SSSR count). The normalized spacial score (nSPS) is 10.9. The Morgan fingerprint density at radius 1 is 1.27 bits per heavy atom. The van der Waals surface area contributed by atoms with Gasteiger partial charge in [0.15, 0.2) is 5.13 Å². The molecule has 3 nitrogen and oxygen atoms in total. The van der Waals surface area contributed by atoms with Gasteiger partial charge in [-0.05, 0) is 36.9 Å². The fourth-order valence-electron chi connectivity index (χ4n) is 2.15. The van der Waals surface area contributed by atoms with Crippen molar-refractivity contribution in [2.24, 2.45) is 0 Å². The molecule has 0 aliphatic heterocycles. The van der Waals surface area contributed by atoms with E-state index in [2.05, 4.69) is 10.3 Å². The molecular weight excluding hydrogens is 336 g/mol. The number of aromatic nitrogens is 1. The predicted molar refractivity (Wildman–Crippen MR) is 95.5 cm³/mol. The Morgan fingerprint density at radius 2 is 2.05 bits per heavy atom. The first kappa shape index (κ1) is 15.3.